The Hall–Kier alpha value is 1.27. The second-order valence-electron chi connectivity index (χ2n) is 2.79. The van der Waals surface area contributed by atoms with E-state index < -0.39 is 5.69 Å². The van der Waals surface area contributed by atoms with Gasteiger partial charge in [0.2, 0.25) is 5.69 Å². The molecular weight excluding hydrogens is 267 g/mol. The van der Waals surface area contributed by atoms with Crippen LogP contribution in [0.5, 0.6) is 0 Å². The van der Waals surface area contributed by atoms with Gasteiger partial charge in [0.25, 0.3) is 0 Å². The summed E-state index contributed by atoms with van der Waals surface area (Å²) in [5.74, 6) is 1.21. The first-order valence-electron chi connectivity index (χ1n) is 5.29. The number of rotatable bonds is 10. The molecule has 0 N–H and O–H groups in total. The van der Waals surface area contributed by atoms with Crippen LogP contribution >= 0.6 is 28.8 Å². The summed E-state index contributed by atoms with van der Waals surface area (Å²) in [6.07, 6.45) is 2.53. The zero-order chi connectivity index (χ0) is 11.6. The molecule has 15 heavy (non-hydrogen) atoms. The average Bonchev–Trinajstić information content (AvgIpc) is 2.18. The molecule has 0 aromatic carbocycles. The van der Waals surface area contributed by atoms with Crippen molar-refractivity contribution in [3.05, 3.63) is 0 Å². The van der Waals surface area contributed by atoms with Gasteiger partial charge in [0.15, 0.2) is 0 Å². The van der Waals surface area contributed by atoms with Crippen molar-refractivity contribution in [3.8, 4) is 0 Å². The summed E-state index contributed by atoms with van der Waals surface area (Å²) >= 11 is 8.98. The summed E-state index contributed by atoms with van der Waals surface area (Å²) in [5, 5.41) is 0.983. The van der Waals surface area contributed by atoms with Crippen molar-refractivity contribution in [2.45, 2.75) is 33.6 Å². The third-order valence-electron chi connectivity index (χ3n) is 1.51. The molecule has 2 nitrogen and oxygen atoms in total. The third-order valence-corrected chi connectivity index (χ3v) is 8.75. The molecule has 0 fully saturated rings. The van der Waals surface area contributed by atoms with Crippen LogP contribution in [0.1, 0.15) is 33.6 Å². The summed E-state index contributed by atoms with van der Waals surface area (Å²) < 4.78 is 11.1. The van der Waals surface area contributed by atoms with Crippen LogP contribution in [0.4, 0.5) is 0 Å². The van der Waals surface area contributed by atoms with E-state index >= 15 is 0 Å². The van der Waals surface area contributed by atoms with Gasteiger partial charge in [-0.25, -0.2) is 0 Å². The van der Waals surface area contributed by atoms with E-state index in [0.717, 1.165) is 5.08 Å². The van der Waals surface area contributed by atoms with Crippen LogP contribution in [0.15, 0.2) is 0 Å². The van der Waals surface area contributed by atoms with Crippen molar-refractivity contribution in [2.24, 2.45) is 0 Å². The van der Waals surface area contributed by atoms with E-state index in [2.05, 4.69) is 6.92 Å². The Morgan fingerprint density at radius 2 is 1.73 bits per heavy atom. The predicted molar refractivity (Wildman–Crippen MR) is 77.4 cm³/mol. The second kappa shape index (κ2) is 10.4. The summed E-state index contributed by atoms with van der Waals surface area (Å²) in [6, 6.07) is 0. The van der Waals surface area contributed by atoms with Crippen LogP contribution in [0.2, 0.25) is 0 Å². The number of thioether (sulfide) groups is 1. The van der Waals surface area contributed by atoms with Crippen LogP contribution in [0, 0.1) is 0 Å². The molecule has 92 valence electrons. The highest BCUT2D eigenvalue weighted by Crippen LogP contribution is 2.61. The van der Waals surface area contributed by atoms with Crippen molar-refractivity contribution in [1.82, 2.24) is 0 Å². The lowest BCUT2D eigenvalue weighted by Gasteiger charge is -2.19. The van der Waals surface area contributed by atoms with E-state index in [0.29, 0.717) is 13.2 Å². The minimum atomic E-state index is -2.04. The highest BCUT2D eigenvalue weighted by atomic mass is 32.9. The standard InChI is InChI=1S/C9H21O2PS3/c1-4-7-8-14-9-15-12(13,10-5-2)11-6-3/h4-9H2,1-3H3. The highest BCUT2D eigenvalue weighted by molar-refractivity contribution is 8.69. The van der Waals surface area contributed by atoms with E-state index in [1.165, 1.54) is 18.6 Å². The largest absolute Gasteiger partial charge is 0.322 e. The topological polar surface area (TPSA) is 18.5 Å². The van der Waals surface area contributed by atoms with Gasteiger partial charge in [-0.05, 0) is 37.8 Å². The van der Waals surface area contributed by atoms with Crippen molar-refractivity contribution in [3.63, 3.8) is 0 Å². The summed E-state index contributed by atoms with van der Waals surface area (Å²) in [7, 11) is 0. The third kappa shape index (κ3) is 9.02. The van der Waals surface area contributed by atoms with Crippen molar-refractivity contribution >= 4 is 40.6 Å². The lowest BCUT2D eigenvalue weighted by atomic mass is 10.4. The van der Waals surface area contributed by atoms with Gasteiger partial charge in [0.05, 0.1) is 13.2 Å². The zero-order valence-corrected chi connectivity index (χ0v) is 13.1. The Bertz CT molecular complexity index is 180. The Balaban J connectivity index is 3.71. The molecule has 0 rings (SSSR count). The molecule has 0 bridgehead atoms. The van der Waals surface area contributed by atoms with E-state index in [-0.39, 0.29) is 0 Å². The second-order valence-corrected chi connectivity index (χ2v) is 10.6. The first kappa shape index (κ1) is 16.3. The maximum atomic E-state index is 5.53. The molecule has 0 atom stereocenters. The Morgan fingerprint density at radius 3 is 2.20 bits per heavy atom. The summed E-state index contributed by atoms with van der Waals surface area (Å²) in [4.78, 5) is 0. The van der Waals surface area contributed by atoms with Gasteiger partial charge in [0.1, 0.15) is 0 Å². The fraction of sp³-hybridized carbons (Fsp3) is 1.00. The lowest BCUT2D eigenvalue weighted by Crippen LogP contribution is -1.92. The smallest absolute Gasteiger partial charge is 0.248 e. The molecule has 6 heteroatoms. The van der Waals surface area contributed by atoms with Crippen LogP contribution in [0.25, 0.3) is 0 Å². The molecule has 0 unspecified atom stereocenters. The van der Waals surface area contributed by atoms with Gasteiger partial charge in [-0.2, -0.15) is 11.8 Å². The normalized spacial score (nSPS) is 11.9. The van der Waals surface area contributed by atoms with Crippen LogP contribution < -0.4 is 0 Å². The molecule has 0 heterocycles. The molecule has 0 saturated carbocycles. The molecule has 0 radical (unpaired) electrons. The van der Waals surface area contributed by atoms with E-state index in [1.54, 1.807) is 11.4 Å². The fourth-order valence-corrected chi connectivity index (χ4v) is 8.18. The molecule has 0 aliphatic heterocycles. The van der Waals surface area contributed by atoms with Crippen molar-refractivity contribution < 1.29 is 9.05 Å². The van der Waals surface area contributed by atoms with Crippen LogP contribution in [-0.2, 0) is 20.9 Å². The van der Waals surface area contributed by atoms with Gasteiger partial charge in [-0.1, -0.05) is 24.7 Å². The minimum absolute atomic E-state index is 0.643. The van der Waals surface area contributed by atoms with Crippen molar-refractivity contribution in [2.75, 3.05) is 24.1 Å². The quantitative estimate of drug-likeness (QED) is 0.333. The van der Waals surface area contributed by atoms with Gasteiger partial charge >= 0.3 is 0 Å². The molecule has 0 amide bonds. The van der Waals surface area contributed by atoms with E-state index in [1.807, 2.05) is 25.6 Å². The SMILES string of the molecule is CCCCSCSP(=S)(OCC)OCC. The molecule has 0 aliphatic carbocycles. The minimum Gasteiger partial charge on any atom is -0.322 e. The number of hydrogen-bond acceptors (Lipinski definition) is 5. The lowest BCUT2D eigenvalue weighted by molar-refractivity contribution is 0.280. The summed E-state index contributed by atoms with van der Waals surface area (Å²) in [6.45, 7) is 7.42. The van der Waals surface area contributed by atoms with Gasteiger partial charge in [-0.3, -0.25) is 0 Å². The number of hydrogen-bond donors (Lipinski definition) is 0. The molecule has 0 aromatic heterocycles. The van der Waals surface area contributed by atoms with E-state index in [4.69, 9.17) is 20.9 Å². The Labute approximate surface area is 107 Å². The molecule has 0 saturated heterocycles. The first-order valence-corrected chi connectivity index (χ1v) is 10.7. The fourth-order valence-electron chi connectivity index (χ4n) is 0.835. The van der Waals surface area contributed by atoms with Gasteiger partial charge < -0.3 is 9.05 Å². The monoisotopic (exact) mass is 288 g/mol. The molecule has 0 spiro atoms. The van der Waals surface area contributed by atoms with Crippen LogP contribution in [0.3, 0.4) is 0 Å². The highest BCUT2D eigenvalue weighted by Gasteiger charge is 2.18. The Morgan fingerprint density at radius 1 is 1.13 bits per heavy atom. The van der Waals surface area contributed by atoms with Crippen molar-refractivity contribution in [1.29, 1.82) is 0 Å². The van der Waals surface area contributed by atoms with Crippen LogP contribution in [-0.4, -0.2) is 24.1 Å². The molecular formula is C9H21O2PS3. The number of unbranched alkanes of at least 4 members (excludes halogenated alkanes) is 1. The zero-order valence-electron chi connectivity index (χ0n) is 9.73. The average molecular weight is 288 g/mol. The van der Waals surface area contributed by atoms with E-state index in [9.17, 15) is 0 Å². The Kier molecular flexibility index (Phi) is 11.3. The summed E-state index contributed by atoms with van der Waals surface area (Å²) in [5.41, 5.74) is -2.04. The maximum Gasteiger partial charge on any atom is 0.248 e. The maximum absolute atomic E-state index is 5.53. The molecule has 0 aromatic rings. The predicted octanol–water partition coefficient (Wildman–Crippen LogP) is 4.51. The van der Waals surface area contributed by atoms with Gasteiger partial charge in [0, 0.05) is 5.08 Å². The van der Waals surface area contributed by atoms with Gasteiger partial charge in [-0.15, -0.1) is 0 Å². The first-order chi connectivity index (χ1) is 7.18. The molecule has 0 aliphatic rings.